The highest BCUT2D eigenvalue weighted by atomic mass is 35.5. The Morgan fingerprint density at radius 3 is 1.41 bits per heavy atom. The van der Waals surface area contributed by atoms with Gasteiger partial charge in [-0.25, -0.2) is 9.59 Å². The topological polar surface area (TPSA) is 52.6 Å². The fraction of sp³-hybridized carbons (Fsp3) is 0.257. The van der Waals surface area contributed by atoms with Crippen molar-refractivity contribution in [1.29, 1.82) is 0 Å². The molecule has 0 radical (unpaired) electrons. The lowest BCUT2D eigenvalue weighted by Crippen LogP contribution is -2.13. The standard InChI is InChI=1S/C35H32Cl2O4/c1-23(25-9-5-3-6-10-25)17-19-40-33(38)27-13-15-29-30-16-14-28(22-32(30)35(36,37)31(29)21-27)34(39)41-20-18-24(2)26-11-7-4-8-12-26/h3-16,21-24H,17-20H2,1-2H3. The Morgan fingerprint density at radius 1 is 0.634 bits per heavy atom. The molecule has 0 fully saturated rings. The average molecular weight is 588 g/mol. The van der Waals surface area contributed by atoms with Crippen LogP contribution < -0.4 is 0 Å². The molecule has 0 heterocycles. The molecule has 41 heavy (non-hydrogen) atoms. The number of hydrogen-bond acceptors (Lipinski definition) is 4. The SMILES string of the molecule is CC(CCOC(=O)c1ccc2c(c1)C(Cl)(Cl)c1cc(C(=O)OCCC(C)c3ccccc3)ccc1-2)c1ccccc1. The average Bonchev–Trinajstić information content (AvgIpc) is 3.23. The molecule has 4 nitrogen and oxygen atoms in total. The summed E-state index contributed by atoms with van der Waals surface area (Å²) in [4.78, 5) is 25.7. The lowest BCUT2D eigenvalue weighted by molar-refractivity contribution is 0.0485. The molecule has 4 aromatic carbocycles. The molecule has 2 unspecified atom stereocenters. The van der Waals surface area contributed by atoms with Crippen molar-refractivity contribution in [2.24, 2.45) is 0 Å². The fourth-order valence-electron chi connectivity index (χ4n) is 5.20. The summed E-state index contributed by atoms with van der Waals surface area (Å²) in [5.74, 6) is -0.320. The van der Waals surface area contributed by atoms with Crippen molar-refractivity contribution in [1.82, 2.24) is 0 Å². The second-order valence-corrected chi connectivity index (χ2v) is 11.9. The number of benzene rings is 4. The van der Waals surface area contributed by atoms with Gasteiger partial charge in [0.05, 0.1) is 24.3 Å². The molecule has 0 saturated heterocycles. The quantitative estimate of drug-likeness (QED) is 0.137. The predicted molar refractivity (Wildman–Crippen MR) is 164 cm³/mol. The largest absolute Gasteiger partial charge is 0.462 e. The van der Waals surface area contributed by atoms with Crippen molar-refractivity contribution < 1.29 is 19.1 Å². The summed E-state index contributed by atoms with van der Waals surface area (Å²) in [6.45, 7) is 4.82. The summed E-state index contributed by atoms with van der Waals surface area (Å²) < 4.78 is 9.71. The van der Waals surface area contributed by atoms with Gasteiger partial charge in [-0.3, -0.25) is 0 Å². The van der Waals surface area contributed by atoms with Gasteiger partial charge in [0.1, 0.15) is 0 Å². The van der Waals surface area contributed by atoms with Gasteiger partial charge >= 0.3 is 11.9 Å². The first-order valence-corrected chi connectivity index (χ1v) is 14.6. The number of fused-ring (bicyclic) bond motifs is 3. The molecule has 6 heteroatoms. The molecule has 1 aliphatic carbocycles. The van der Waals surface area contributed by atoms with Gasteiger partial charge in [0, 0.05) is 11.1 Å². The van der Waals surface area contributed by atoms with E-state index in [-0.39, 0.29) is 11.8 Å². The van der Waals surface area contributed by atoms with Crippen LogP contribution in [0.2, 0.25) is 0 Å². The highest BCUT2D eigenvalue weighted by Gasteiger charge is 2.41. The van der Waals surface area contributed by atoms with Crippen LogP contribution >= 0.6 is 23.2 Å². The molecule has 0 bridgehead atoms. The van der Waals surface area contributed by atoms with Gasteiger partial charge in [-0.2, -0.15) is 0 Å². The Balaban J connectivity index is 1.22. The van der Waals surface area contributed by atoms with E-state index in [9.17, 15) is 9.59 Å². The Morgan fingerprint density at radius 2 is 1.02 bits per heavy atom. The number of carbonyl (C=O) groups is 2. The summed E-state index contributed by atoms with van der Waals surface area (Å²) in [6, 6.07) is 30.7. The highest BCUT2D eigenvalue weighted by molar-refractivity contribution is 6.51. The maximum absolute atomic E-state index is 12.9. The minimum Gasteiger partial charge on any atom is -0.462 e. The van der Waals surface area contributed by atoms with Gasteiger partial charge in [-0.1, -0.05) is 110 Å². The maximum Gasteiger partial charge on any atom is 0.338 e. The zero-order chi connectivity index (χ0) is 29.0. The van der Waals surface area contributed by atoms with Gasteiger partial charge in [-0.15, -0.1) is 0 Å². The minimum absolute atomic E-state index is 0.269. The third-order valence-corrected chi connectivity index (χ3v) is 8.60. The molecule has 0 amide bonds. The van der Waals surface area contributed by atoms with Gasteiger partial charge in [-0.05, 0) is 71.2 Å². The number of alkyl halides is 2. The van der Waals surface area contributed by atoms with E-state index in [4.69, 9.17) is 32.7 Å². The smallest absolute Gasteiger partial charge is 0.338 e. The number of halogens is 2. The van der Waals surface area contributed by atoms with Crippen molar-refractivity contribution >= 4 is 35.1 Å². The molecule has 5 rings (SSSR count). The maximum atomic E-state index is 12.9. The van der Waals surface area contributed by atoms with Crippen LogP contribution in [-0.2, 0) is 13.8 Å². The molecule has 0 saturated carbocycles. The normalized spacial score (nSPS) is 14.4. The summed E-state index contributed by atoms with van der Waals surface area (Å²) in [7, 11) is 0. The van der Waals surface area contributed by atoms with E-state index in [0.717, 1.165) is 11.1 Å². The third-order valence-electron chi connectivity index (χ3n) is 7.78. The van der Waals surface area contributed by atoms with Gasteiger partial charge in [0.15, 0.2) is 4.33 Å². The first-order chi connectivity index (χ1) is 19.8. The fourth-order valence-corrected chi connectivity index (χ4v) is 5.82. The Bertz CT molecular complexity index is 1420. The lowest BCUT2D eigenvalue weighted by Gasteiger charge is -2.17. The second-order valence-electron chi connectivity index (χ2n) is 10.6. The molecule has 0 N–H and O–H groups in total. The van der Waals surface area contributed by atoms with Crippen molar-refractivity contribution in [3.63, 3.8) is 0 Å². The van der Waals surface area contributed by atoms with Crippen LogP contribution in [-0.4, -0.2) is 25.2 Å². The first kappa shape index (κ1) is 28.9. The number of carbonyl (C=O) groups excluding carboxylic acids is 2. The molecule has 0 aliphatic heterocycles. The van der Waals surface area contributed by atoms with E-state index in [1.807, 2.05) is 48.5 Å². The highest BCUT2D eigenvalue weighted by Crippen LogP contribution is 2.54. The van der Waals surface area contributed by atoms with Crippen molar-refractivity contribution in [2.75, 3.05) is 13.2 Å². The lowest BCUT2D eigenvalue weighted by atomic mass is 9.98. The number of ether oxygens (including phenoxy) is 2. The summed E-state index contributed by atoms with van der Waals surface area (Å²) in [5.41, 5.74) is 5.97. The van der Waals surface area contributed by atoms with Crippen LogP contribution in [0.4, 0.5) is 0 Å². The molecule has 1 aliphatic rings. The van der Waals surface area contributed by atoms with Crippen LogP contribution in [0.5, 0.6) is 0 Å². The van der Waals surface area contributed by atoms with Crippen molar-refractivity contribution in [3.05, 3.63) is 130 Å². The van der Waals surface area contributed by atoms with E-state index in [2.05, 4.69) is 38.1 Å². The van der Waals surface area contributed by atoms with Crippen LogP contribution in [0, 0.1) is 0 Å². The molecule has 0 spiro atoms. The van der Waals surface area contributed by atoms with Crippen LogP contribution in [0.15, 0.2) is 97.1 Å². The third kappa shape index (κ3) is 6.34. The molecule has 0 aromatic heterocycles. The van der Waals surface area contributed by atoms with Crippen molar-refractivity contribution in [2.45, 2.75) is 42.9 Å². The molecule has 2 atom stereocenters. The van der Waals surface area contributed by atoms with Gasteiger partial charge < -0.3 is 9.47 Å². The summed E-state index contributed by atoms with van der Waals surface area (Å²) in [6.07, 6.45) is 1.43. The number of hydrogen-bond donors (Lipinski definition) is 0. The van der Waals surface area contributed by atoms with Crippen LogP contribution in [0.3, 0.4) is 0 Å². The zero-order valence-electron chi connectivity index (χ0n) is 23.1. The monoisotopic (exact) mass is 586 g/mol. The molecular formula is C35H32Cl2O4. The van der Waals surface area contributed by atoms with Crippen molar-refractivity contribution in [3.8, 4) is 11.1 Å². The van der Waals surface area contributed by atoms with E-state index < -0.39 is 16.3 Å². The van der Waals surface area contributed by atoms with E-state index >= 15 is 0 Å². The zero-order valence-corrected chi connectivity index (χ0v) is 24.6. The van der Waals surface area contributed by atoms with Crippen LogP contribution in [0.1, 0.15) is 81.5 Å². The summed E-state index contributed by atoms with van der Waals surface area (Å²) >= 11 is 13.7. The van der Waals surface area contributed by atoms with E-state index in [1.54, 1.807) is 24.3 Å². The first-order valence-electron chi connectivity index (χ1n) is 13.9. The number of esters is 2. The Kier molecular flexibility index (Phi) is 8.82. The minimum atomic E-state index is -1.43. The van der Waals surface area contributed by atoms with Gasteiger partial charge in [0.25, 0.3) is 0 Å². The molecule has 4 aromatic rings. The predicted octanol–water partition coefficient (Wildman–Crippen LogP) is 9.05. The van der Waals surface area contributed by atoms with E-state index in [1.165, 1.54) is 11.1 Å². The number of rotatable bonds is 10. The Hall–Kier alpha value is -3.60. The molecule has 210 valence electrons. The van der Waals surface area contributed by atoms with Gasteiger partial charge in [0.2, 0.25) is 0 Å². The Labute approximate surface area is 251 Å². The van der Waals surface area contributed by atoms with Crippen LogP contribution in [0.25, 0.3) is 11.1 Å². The molecular weight excluding hydrogens is 555 g/mol. The summed E-state index contributed by atoms with van der Waals surface area (Å²) in [5, 5.41) is 0. The van der Waals surface area contributed by atoms with E-state index in [0.29, 0.717) is 48.3 Å². The second kappa shape index (κ2) is 12.5.